The molecule has 0 aliphatic carbocycles. The summed E-state index contributed by atoms with van der Waals surface area (Å²) in [7, 11) is 0. The monoisotopic (exact) mass is 371 g/mol. The van der Waals surface area contributed by atoms with Gasteiger partial charge in [-0.15, -0.1) is 11.3 Å². The smallest absolute Gasteiger partial charge is 0.261 e. The number of carbonyl (C=O) groups excluding carboxylic acids is 1. The lowest BCUT2D eigenvalue weighted by Gasteiger charge is -2.10. The van der Waals surface area contributed by atoms with Crippen LogP contribution in [0.5, 0.6) is 0 Å². The maximum atomic E-state index is 11.7. The zero-order valence-electron chi connectivity index (χ0n) is 8.34. The van der Waals surface area contributed by atoms with Gasteiger partial charge >= 0.3 is 0 Å². The molecule has 1 atom stereocenters. The van der Waals surface area contributed by atoms with Crippen LogP contribution in [-0.4, -0.2) is 24.0 Å². The number of nitrogens with one attached hydrogen (secondary N) is 1. The summed E-state index contributed by atoms with van der Waals surface area (Å²) in [6.45, 7) is 2.01. The third-order valence-corrected chi connectivity index (χ3v) is 5.75. The first-order valence-electron chi connectivity index (χ1n) is 4.29. The van der Waals surface area contributed by atoms with Gasteiger partial charge in [-0.2, -0.15) is 11.8 Å². The van der Waals surface area contributed by atoms with Gasteiger partial charge in [0.25, 0.3) is 5.91 Å². The molecular weight excluding hydrogens is 362 g/mol. The van der Waals surface area contributed by atoms with Crippen LogP contribution in [0.2, 0.25) is 0 Å². The van der Waals surface area contributed by atoms with Crippen LogP contribution in [0.4, 0.5) is 0 Å². The zero-order chi connectivity index (χ0) is 11.4. The second kappa shape index (κ2) is 6.27. The first kappa shape index (κ1) is 13.5. The van der Waals surface area contributed by atoms with E-state index < -0.39 is 0 Å². The van der Waals surface area contributed by atoms with Crippen molar-refractivity contribution in [2.75, 3.05) is 12.0 Å². The number of amides is 1. The lowest BCUT2D eigenvalue weighted by Crippen LogP contribution is -2.33. The second-order valence-corrected chi connectivity index (χ2v) is 7.20. The minimum absolute atomic E-state index is 0.00653. The molecule has 15 heavy (non-hydrogen) atoms. The quantitative estimate of drug-likeness (QED) is 0.871. The summed E-state index contributed by atoms with van der Waals surface area (Å²) < 4.78 is 1.88. The highest BCUT2D eigenvalue weighted by Crippen LogP contribution is 2.32. The van der Waals surface area contributed by atoms with Crippen molar-refractivity contribution in [2.45, 2.75) is 13.0 Å². The van der Waals surface area contributed by atoms with Crippen LogP contribution in [0, 0.1) is 0 Å². The Morgan fingerprint density at radius 3 is 2.80 bits per heavy atom. The molecular formula is C9H11Br2NOS2. The number of thiophene rings is 1. The molecule has 6 heteroatoms. The van der Waals surface area contributed by atoms with E-state index in [9.17, 15) is 4.79 Å². The largest absolute Gasteiger partial charge is 0.348 e. The van der Waals surface area contributed by atoms with Gasteiger partial charge in [-0.05, 0) is 51.1 Å². The fourth-order valence-electron chi connectivity index (χ4n) is 1.05. The van der Waals surface area contributed by atoms with Crippen molar-refractivity contribution in [2.24, 2.45) is 0 Å². The molecule has 0 saturated heterocycles. The molecule has 0 aliphatic heterocycles. The minimum Gasteiger partial charge on any atom is -0.348 e. The molecule has 0 aromatic carbocycles. The van der Waals surface area contributed by atoms with E-state index in [4.69, 9.17) is 0 Å². The molecule has 0 saturated carbocycles. The number of halogens is 2. The highest BCUT2D eigenvalue weighted by atomic mass is 79.9. The molecule has 1 unspecified atom stereocenters. The molecule has 0 radical (unpaired) electrons. The van der Waals surface area contributed by atoms with Crippen LogP contribution in [0.15, 0.2) is 14.3 Å². The third kappa shape index (κ3) is 4.09. The molecule has 0 bridgehead atoms. The lowest BCUT2D eigenvalue weighted by atomic mass is 10.3. The number of hydrogen-bond acceptors (Lipinski definition) is 3. The van der Waals surface area contributed by atoms with Gasteiger partial charge in [-0.25, -0.2) is 0 Å². The van der Waals surface area contributed by atoms with Crippen LogP contribution in [0.1, 0.15) is 16.6 Å². The van der Waals surface area contributed by atoms with E-state index in [0.29, 0.717) is 0 Å². The Bertz CT molecular complexity index is 334. The fraction of sp³-hybridized carbons (Fsp3) is 0.444. The van der Waals surface area contributed by atoms with E-state index >= 15 is 0 Å². The van der Waals surface area contributed by atoms with Gasteiger partial charge in [-0.3, -0.25) is 4.79 Å². The van der Waals surface area contributed by atoms with Crippen molar-refractivity contribution in [3.63, 3.8) is 0 Å². The third-order valence-electron chi connectivity index (χ3n) is 1.66. The predicted molar refractivity (Wildman–Crippen MR) is 75.0 cm³/mol. The van der Waals surface area contributed by atoms with Crippen molar-refractivity contribution in [3.8, 4) is 0 Å². The first-order valence-corrected chi connectivity index (χ1v) is 8.09. The van der Waals surface area contributed by atoms with Crippen LogP contribution < -0.4 is 5.32 Å². The van der Waals surface area contributed by atoms with E-state index in [1.54, 1.807) is 11.8 Å². The van der Waals surface area contributed by atoms with Crippen molar-refractivity contribution in [1.29, 1.82) is 0 Å². The van der Waals surface area contributed by atoms with Crippen molar-refractivity contribution < 1.29 is 4.79 Å². The Morgan fingerprint density at radius 2 is 2.33 bits per heavy atom. The summed E-state index contributed by atoms with van der Waals surface area (Å²) in [6, 6.07) is 2.03. The van der Waals surface area contributed by atoms with Gasteiger partial charge in [-0.1, -0.05) is 0 Å². The topological polar surface area (TPSA) is 29.1 Å². The molecule has 1 rings (SSSR count). The van der Waals surface area contributed by atoms with E-state index in [0.717, 1.165) is 18.9 Å². The van der Waals surface area contributed by atoms with Crippen LogP contribution in [0.3, 0.4) is 0 Å². The molecule has 84 valence electrons. The van der Waals surface area contributed by atoms with Crippen LogP contribution >= 0.6 is 55.0 Å². The van der Waals surface area contributed by atoms with Crippen molar-refractivity contribution in [3.05, 3.63) is 19.2 Å². The fourth-order valence-corrected chi connectivity index (χ4v) is 3.57. The molecule has 1 heterocycles. The molecule has 0 aliphatic rings. The molecule has 1 aromatic heterocycles. The van der Waals surface area contributed by atoms with Gasteiger partial charge in [0.05, 0.1) is 8.66 Å². The van der Waals surface area contributed by atoms with Crippen LogP contribution in [0.25, 0.3) is 0 Å². The second-order valence-electron chi connectivity index (χ2n) is 3.06. The Kier molecular flexibility index (Phi) is 5.66. The minimum atomic E-state index is -0.00653. The Balaban J connectivity index is 2.61. The van der Waals surface area contributed by atoms with Gasteiger partial charge in [0, 0.05) is 16.3 Å². The molecule has 2 nitrogen and oxygen atoms in total. The van der Waals surface area contributed by atoms with Crippen molar-refractivity contribution >= 4 is 60.9 Å². The number of rotatable bonds is 4. The maximum absolute atomic E-state index is 11.7. The SMILES string of the molecule is CSCC(C)NC(=O)c1cc(Br)c(Br)s1. The van der Waals surface area contributed by atoms with Gasteiger partial charge in [0.15, 0.2) is 0 Å². The van der Waals surface area contributed by atoms with E-state index in [2.05, 4.69) is 37.2 Å². The number of thioether (sulfide) groups is 1. The average molecular weight is 373 g/mol. The summed E-state index contributed by atoms with van der Waals surface area (Å²) in [5.74, 6) is 0.923. The maximum Gasteiger partial charge on any atom is 0.261 e. The van der Waals surface area contributed by atoms with Crippen LogP contribution in [-0.2, 0) is 0 Å². The van der Waals surface area contributed by atoms with E-state index in [1.807, 2.05) is 19.2 Å². The number of carbonyl (C=O) groups is 1. The van der Waals surface area contributed by atoms with Crippen molar-refractivity contribution in [1.82, 2.24) is 5.32 Å². The molecule has 1 aromatic rings. The standard InChI is InChI=1S/C9H11Br2NOS2/c1-5(4-14-2)12-9(13)7-3-6(10)8(11)15-7/h3,5H,4H2,1-2H3,(H,12,13). The highest BCUT2D eigenvalue weighted by Gasteiger charge is 2.13. The van der Waals surface area contributed by atoms with Gasteiger partial charge < -0.3 is 5.32 Å². The molecule has 1 amide bonds. The van der Waals surface area contributed by atoms with Gasteiger partial charge in [0.2, 0.25) is 0 Å². The summed E-state index contributed by atoms with van der Waals surface area (Å²) in [5.41, 5.74) is 0. The summed E-state index contributed by atoms with van der Waals surface area (Å²) in [4.78, 5) is 12.5. The summed E-state index contributed by atoms with van der Waals surface area (Å²) in [5, 5.41) is 2.95. The molecule has 0 fully saturated rings. The predicted octanol–water partition coefficient (Wildman–Crippen LogP) is 3.75. The summed E-state index contributed by atoms with van der Waals surface area (Å²) in [6.07, 6.45) is 2.03. The highest BCUT2D eigenvalue weighted by molar-refractivity contribution is 9.13. The Morgan fingerprint density at radius 1 is 1.67 bits per heavy atom. The van der Waals surface area contributed by atoms with E-state index in [-0.39, 0.29) is 11.9 Å². The summed E-state index contributed by atoms with van der Waals surface area (Å²) >= 11 is 9.89. The number of hydrogen-bond donors (Lipinski definition) is 1. The first-order chi connectivity index (χ1) is 7.04. The lowest BCUT2D eigenvalue weighted by molar-refractivity contribution is 0.0948. The Labute approximate surface area is 114 Å². The molecule has 0 spiro atoms. The normalized spacial score (nSPS) is 12.5. The average Bonchev–Trinajstić information content (AvgIpc) is 2.47. The van der Waals surface area contributed by atoms with Gasteiger partial charge in [0.1, 0.15) is 0 Å². The Hall–Kier alpha value is 0.480. The molecule has 1 N–H and O–H groups in total. The zero-order valence-corrected chi connectivity index (χ0v) is 13.1. The van der Waals surface area contributed by atoms with E-state index in [1.165, 1.54) is 11.3 Å².